The molecule has 0 atom stereocenters. The first-order chi connectivity index (χ1) is 4.74. The summed E-state index contributed by atoms with van der Waals surface area (Å²) in [6, 6.07) is 3.92. The van der Waals surface area contributed by atoms with Crippen LogP contribution in [0, 0.1) is 6.92 Å². The molecule has 54 valence electrons. The summed E-state index contributed by atoms with van der Waals surface area (Å²) in [5, 5.41) is 1.36. The highest BCUT2D eigenvalue weighted by atomic mass is 79.9. The van der Waals surface area contributed by atoms with E-state index in [-0.39, 0.29) is 0 Å². The van der Waals surface area contributed by atoms with E-state index < -0.39 is 0 Å². The van der Waals surface area contributed by atoms with Gasteiger partial charge in [0, 0.05) is 16.6 Å². The van der Waals surface area contributed by atoms with Crippen molar-refractivity contribution in [2.75, 3.05) is 0 Å². The molecule has 0 aliphatic heterocycles. The van der Waals surface area contributed by atoms with Crippen LogP contribution in [-0.4, -0.2) is 4.98 Å². The Balaban J connectivity index is 3.07. The Morgan fingerprint density at radius 2 is 2.30 bits per heavy atom. The van der Waals surface area contributed by atoms with Crippen molar-refractivity contribution in [2.24, 2.45) is 0 Å². The van der Waals surface area contributed by atoms with Gasteiger partial charge in [0.25, 0.3) is 0 Å². The summed E-state index contributed by atoms with van der Waals surface area (Å²) >= 11 is 9.10. The Morgan fingerprint density at radius 1 is 1.60 bits per heavy atom. The van der Waals surface area contributed by atoms with Crippen molar-refractivity contribution in [3.8, 4) is 0 Å². The Morgan fingerprint density at radius 3 is 2.80 bits per heavy atom. The van der Waals surface area contributed by atoms with Gasteiger partial charge >= 0.3 is 0 Å². The molecule has 0 radical (unpaired) electrons. The monoisotopic (exact) mass is 219 g/mol. The van der Waals surface area contributed by atoms with Gasteiger partial charge in [0.05, 0.1) is 0 Å². The number of nitrogens with zero attached hydrogens (tertiary/aromatic N) is 1. The highest BCUT2D eigenvalue weighted by Gasteiger charge is 1.97. The third kappa shape index (κ3) is 1.70. The maximum Gasteiger partial charge on any atom is 0.133 e. The summed E-state index contributed by atoms with van der Waals surface area (Å²) in [6.45, 7) is 1.92. The van der Waals surface area contributed by atoms with E-state index >= 15 is 0 Å². The topological polar surface area (TPSA) is 12.9 Å². The number of pyridine rings is 1. The Labute approximate surface area is 73.6 Å². The second-order valence-electron chi connectivity index (χ2n) is 2.04. The van der Waals surface area contributed by atoms with E-state index in [4.69, 9.17) is 11.6 Å². The summed E-state index contributed by atoms with van der Waals surface area (Å²) in [5.74, 6) is 0. The number of halogens is 2. The Kier molecular flexibility index (Phi) is 2.69. The zero-order chi connectivity index (χ0) is 7.56. The second kappa shape index (κ2) is 3.35. The molecule has 10 heavy (non-hydrogen) atoms. The summed E-state index contributed by atoms with van der Waals surface area (Å²) < 4.78 is 0. The maximum atomic E-state index is 5.79. The zero-order valence-corrected chi connectivity index (χ0v) is 7.91. The largest absolute Gasteiger partial charge is 0.241 e. The standard InChI is InChI=1S/C7H7BrClN/c1-5-2-3-6(4-8)7(9)10-5/h2-3H,4H2,1H3. The van der Waals surface area contributed by atoms with Crippen molar-refractivity contribution in [2.45, 2.75) is 12.3 Å². The molecule has 0 fully saturated rings. The predicted molar refractivity (Wildman–Crippen MR) is 46.6 cm³/mol. The van der Waals surface area contributed by atoms with Crippen molar-refractivity contribution in [3.05, 3.63) is 28.5 Å². The molecule has 1 rings (SSSR count). The number of aromatic nitrogens is 1. The van der Waals surface area contributed by atoms with Gasteiger partial charge in [0.2, 0.25) is 0 Å². The van der Waals surface area contributed by atoms with E-state index in [0.29, 0.717) is 5.15 Å². The molecule has 0 saturated heterocycles. The minimum absolute atomic E-state index is 0.594. The number of aryl methyl sites for hydroxylation is 1. The molecule has 0 aliphatic rings. The minimum atomic E-state index is 0.594. The lowest BCUT2D eigenvalue weighted by molar-refractivity contribution is 1.17. The molecule has 1 aromatic heterocycles. The van der Waals surface area contributed by atoms with Crippen LogP contribution in [0.4, 0.5) is 0 Å². The zero-order valence-electron chi connectivity index (χ0n) is 5.56. The molecule has 3 heteroatoms. The molecular weight excluding hydrogens is 213 g/mol. The van der Waals surface area contributed by atoms with E-state index in [1.54, 1.807) is 0 Å². The van der Waals surface area contributed by atoms with Crippen molar-refractivity contribution in [1.82, 2.24) is 4.98 Å². The number of hydrogen-bond acceptors (Lipinski definition) is 1. The van der Waals surface area contributed by atoms with Gasteiger partial charge < -0.3 is 0 Å². The van der Waals surface area contributed by atoms with Crippen molar-refractivity contribution in [1.29, 1.82) is 0 Å². The molecule has 0 N–H and O–H groups in total. The van der Waals surface area contributed by atoms with Gasteiger partial charge in [-0.1, -0.05) is 33.6 Å². The van der Waals surface area contributed by atoms with Gasteiger partial charge in [-0.05, 0) is 13.0 Å². The third-order valence-electron chi connectivity index (χ3n) is 1.21. The fourth-order valence-corrected chi connectivity index (χ4v) is 1.53. The average molecular weight is 220 g/mol. The van der Waals surface area contributed by atoms with E-state index in [0.717, 1.165) is 16.6 Å². The molecule has 0 saturated carbocycles. The van der Waals surface area contributed by atoms with Crippen LogP contribution in [0.1, 0.15) is 11.3 Å². The van der Waals surface area contributed by atoms with Gasteiger partial charge in [0.1, 0.15) is 5.15 Å². The maximum absolute atomic E-state index is 5.79. The Hall–Kier alpha value is -0.0800. The minimum Gasteiger partial charge on any atom is -0.241 e. The molecule has 0 bridgehead atoms. The van der Waals surface area contributed by atoms with Crippen molar-refractivity contribution in [3.63, 3.8) is 0 Å². The van der Waals surface area contributed by atoms with Gasteiger partial charge in [-0.25, -0.2) is 4.98 Å². The fraction of sp³-hybridized carbons (Fsp3) is 0.286. The van der Waals surface area contributed by atoms with Crippen LogP contribution >= 0.6 is 27.5 Å². The van der Waals surface area contributed by atoms with Crippen molar-refractivity contribution < 1.29 is 0 Å². The lowest BCUT2D eigenvalue weighted by atomic mass is 10.3. The van der Waals surface area contributed by atoms with Crippen LogP contribution in [0.3, 0.4) is 0 Å². The number of alkyl halides is 1. The molecule has 1 aromatic rings. The fourth-order valence-electron chi connectivity index (χ4n) is 0.654. The SMILES string of the molecule is Cc1ccc(CBr)c(Cl)n1. The normalized spacial score (nSPS) is 9.90. The number of hydrogen-bond donors (Lipinski definition) is 0. The molecule has 1 heterocycles. The van der Waals surface area contributed by atoms with Gasteiger partial charge in [0.15, 0.2) is 0 Å². The summed E-state index contributed by atoms with van der Waals surface area (Å²) in [6.07, 6.45) is 0. The lowest BCUT2D eigenvalue weighted by Crippen LogP contribution is -1.86. The summed E-state index contributed by atoms with van der Waals surface area (Å²) in [7, 11) is 0. The average Bonchev–Trinajstić information content (AvgIpc) is 1.88. The van der Waals surface area contributed by atoms with Crippen LogP contribution in [0.5, 0.6) is 0 Å². The van der Waals surface area contributed by atoms with Crippen LogP contribution in [0.25, 0.3) is 0 Å². The van der Waals surface area contributed by atoms with Gasteiger partial charge in [-0.2, -0.15) is 0 Å². The van der Waals surface area contributed by atoms with E-state index in [2.05, 4.69) is 20.9 Å². The lowest BCUT2D eigenvalue weighted by Gasteiger charge is -1.98. The van der Waals surface area contributed by atoms with Gasteiger partial charge in [-0.15, -0.1) is 0 Å². The first-order valence-electron chi connectivity index (χ1n) is 2.92. The van der Waals surface area contributed by atoms with Crippen LogP contribution in [-0.2, 0) is 5.33 Å². The molecule has 0 unspecified atom stereocenters. The molecule has 0 spiro atoms. The first kappa shape index (κ1) is 8.02. The van der Waals surface area contributed by atoms with E-state index in [9.17, 15) is 0 Å². The second-order valence-corrected chi connectivity index (χ2v) is 2.95. The molecule has 1 nitrogen and oxygen atoms in total. The summed E-state index contributed by atoms with van der Waals surface area (Å²) in [4.78, 5) is 4.08. The first-order valence-corrected chi connectivity index (χ1v) is 4.42. The highest BCUT2D eigenvalue weighted by Crippen LogP contribution is 2.15. The van der Waals surface area contributed by atoms with E-state index in [1.165, 1.54) is 0 Å². The van der Waals surface area contributed by atoms with Gasteiger partial charge in [-0.3, -0.25) is 0 Å². The van der Waals surface area contributed by atoms with Crippen LogP contribution < -0.4 is 0 Å². The molecule has 0 aliphatic carbocycles. The number of rotatable bonds is 1. The quantitative estimate of drug-likeness (QED) is 0.524. The van der Waals surface area contributed by atoms with Crippen LogP contribution in [0.2, 0.25) is 5.15 Å². The van der Waals surface area contributed by atoms with E-state index in [1.807, 2.05) is 19.1 Å². The molecule has 0 amide bonds. The predicted octanol–water partition coefficient (Wildman–Crippen LogP) is 2.94. The summed E-state index contributed by atoms with van der Waals surface area (Å²) in [5.41, 5.74) is 1.99. The Bertz CT molecular complexity index is 237. The highest BCUT2D eigenvalue weighted by molar-refractivity contribution is 9.08. The smallest absolute Gasteiger partial charge is 0.133 e. The van der Waals surface area contributed by atoms with Crippen molar-refractivity contribution >= 4 is 27.5 Å². The molecule has 0 aromatic carbocycles. The van der Waals surface area contributed by atoms with Crippen LogP contribution in [0.15, 0.2) is 12.1 Å². The third-order valence-corrected chi connectivity index (χ3v) is 2.14. The molecular formula is C7H7BrClN.